The molecular formula is C8H14N2O2. The molecule has 12 heavy (non-hydrogen) atoms. The predicted molar refractivity (Wildman–Crippen MR) is 46.5 cm³/mol. The average Bonchev–Trinajstić information content (AvgIpc) is 2.03. The molecule has 4 nitrogen and oxygen atoms in total. The Balaban J connectivity index is 3.16. The summed E-state index contributed by atoms with van der Waals surface area (Å²) in [6.07, 6.45) is 2.01. The summed E-state index contributed by atoms with van der Waals surface area (Å²) >= 11 is 0. The van der Waals surface area contributed by atoms with Crippen LogP contribution in [0.15, 0.2) is 12.7 Å². The van der Waals surface area contributed by atoms with E-state index in [1.54, 1.807) is 0 Å². The first-order valence-electron chi connectivity index (χ1n) is 3.81. The van der Waals surface area contributed by atoms with Crippen LogP contribution in [0.2, 0.25) is 0 Å². The molecule has 0 spiro atoms. The van der Waals surface area contributed by atoms with E-state index in [0.717, 1.165) is 0 Å². The molecule has 0 aliphatic carbocycles. The van der Waals surface area contributed by atoms with Crippen LogP contribution < -0.4 is 11.1 Å². The number of carbonyl (C=O) groups excluding carboxylic acids is 2. The predicted octanol–water partition coefficient (Wildman–Crippen LogP) is -0.403. The molecule has 0 aliphatic rings. The van der Waals surface area contributed by atoms with Gasteiger partial charge in [-0.25, -0.2) is 0 Å². The Hall–Kier alpha value is -1.16. The van der Waals surface area contributed by atoms with Gasteiger partial charge in [0.25, 0.3) is 0 Å². The third-order valence-electron chi connectivity index (χ3n) is 1.32. The maximum atomic E-state index is 10.7. The number of carbonyl (C=O) groups is 2. The molecule has 68 valence electrons. The van der Waals surface area contributed by atoms with Gasteiger partial charge in [0.1, 0.15) is 0 Å². The van der Waals surface area contributed by atoms with Crippen LogP contribution in [0.1, 0.15) is 12.8 Å². The number of allylic oxidation sites excluding steroid dienone is 1. The van der Waals surface area contributed by atoms with Crippen LogP contribution in [0.4, 0.5) is 0 Å². The molecule has 0 rings (SSSR count). The van der Waals surface area contributed by atoms with Gasteiger partial charge in [0, 0.05) is 25.9 Å². The van der Waals surface area contributed by atoms with E-state index in [-0.39, 0.29) is 11.7 Å². The molecule has 0 aliphatic heterocycles. The van der Waals surface area contributed by atoms with Gasteiger partial charge in [-0.3, -0.25) is 9.59 Å². The molecule has 1 amide bonds. The molecule has 0 bridgehead atoms. The fourth-order valence-electron chi connectivity index (χ4n) is 0.650. The number of primary amides is 1. The highest BCUT2D eigenvalue weighted by molar-refractivity contribution is 5.89. The SMILES string of the molecule is C=CC(=O)CCNCCC(N)=O. The summed E-state index contributed by atoms with van der Waals surface area (Å²) in [7, 11) is 0. The first-order chi connectivity index (χ1) is 5.66. The van der Waals surface area contributed by atoms with Gasteiger partial charge < -0.3 is 11.1 Å². The zero-order chi connectivity index (χ0) is 9.40. The van der Waals surface area contributed by atoms with Gasteiger partial charge >= 0.3 is 0 Å². The second-order valence-corrected chi connectivity index (χ2v) is 2.39. The van der Waals surface area contributed by atoms with E-state index in [2.05, 4.69) is 11.9 Å². The quantitative estimate of drug-likeness (QED) is 0.403. The molecular weight excluding hydrogens is 156 g/mol. The maximum Gasteiger partial charge on any atom is 0.218 e. The van der Waals surface area contributed by atoms with Crippen molar-refractivity contribution in [3.63, 3.8) is 0 Å². The van der Waals surface area contributed by atoms with Gasteiger partial charge in [-0.05, 0) is 6.08 Å². The number of nitrogens with one attached hydrogen (secondary N) is 1. The Kier molecular flexibility index (Phi) is 5.91. The molecule has 0 heterocycles. The molecule has 0 aromatic heterocycles. The maximum absolute atomic E-state index is 10.7. The lowest BCUT2D eigenvalue weighted by Crippen LogP contribution is -2.23. The van der Waals surface area contributed by atoms with E-state index in [1.165, 1.54) is 6.08 Å². The first-order valence-corrected chi connectivity index (χ1v) is 3.81. The van der Waals surface area contributed by atoms with E-state index < -0.39 is 0 Å². The summed E-state index contributed by atoms with van der Waals surface area (Å²) in [6, 6.07) is 0. The van der Waals surface area contributed by atoms with Crippen molar-refractivity contribution in [1.82, 2.24) is 5.32 Å². The zero-order valence-electron chi connectivity index (χ0n) is 7.01. The van der Waals surface area contributed by atoms with Crippen molar-refractivity contribution >= 4 is 11.7 Å². The molecule has 0 atom stereocenters. The van der Waals surface area contributed by atoms with Crippen molar-refractivity contribution < 1.29 is 9.59 Å². The van der Waals surface area contributed by atoms with Crippen LogP contribution in [0.5, 0.6) is 0 Å². The Labute approximate surface area is 71.8 Å². The van der Waals surface area contributed by atoms with Gasteiger partial charge in [0.05, 0.1) is 0 Å². The molecule has 4 heteroatoms. The third-order valence-corrected chi connectivity index (χ3v) is 1.32. The lowest BCUT2D eigenvalue weighted by atomic mass is 10.3. The van der Waals surface area contributed by atoms with Crippen LogP contribution in [0, 0.1) is 0 Å². The minimum absolute atomic E-state index is 0.00146. The van der Waals surface area contributed by atoms with Gasteiger partial charge in [0.2, 0.25) is 5.91 Å². The van der Waals surface area contributed by atoms with Crippen LogP contribution in [-0.2, 0) is 9.59 Å². The highest BCUT2D eigenvalue weighted by atomic mass is 16.1. The zero-order valence-corrected chi connectivity index (χ0v) is 7.01. The van der Waals surface area contributed by atoms with Gasteiger partial charge in [-0.15, -0.1) is 0 Å². The van der Waals surface area contributed by atoms with Crippen molar-refractivity contribution in [2.24, 2.45) is 5.73 Å². The fourth-order valence-corrected chi connectivity index (χ4v) is 0.650. The van der Waals surface area contributed by atoms with Crippen molar-refractivity contribution in [3.05, 3.63) is 12.7 Å². The lowest BCUT2D eigenvalue weighted by Gasteiger charge is -1.99. The standard InChI is InChI=1S/C8H14N2O2/c1-2-7(11)3-5-10-6-4-8(9)12/h2,10H,1,3-6H2,(H2,9,12). The van der Waals surface area contributed by atoms with Crippen LogP contribution in [0.25, 0.3) is 0 Å². The van der Waals surface area contributed by atoms with Crippen molar-refractivity contribution in [3.8, 4) is 0 Å². The third kappa shape index (κ3) is 6.95. The minimum Gasteiger partial charge on any atom is -0.370 e. The van der Waals surface area contributed by atoms with Crippen LogP contribution >= 0.6 is 0 Å². The molecule has 0 fully saturated rings. The van der Waals surface area contributed by atoms with E-state index in [4.69, 9.17) is 5.73 Å². The summed E-state index contributed by atoms with van der Waals surface area (Å²) in [5.74, 6) is -0.334. The van der Waals surface area contributed by atoms with Crippen LogP contribution in [0.3, 0.4) is 0 Å². The summed E-state index contributed by atoms with van der Waals surface area (Å²) in [4.78, 5) is 20.9. The topological polar surface area (TPSA) is 72.2 Å². The van der Waals surface area contributed by atoms with E-state index >= 15 is 0 Å². The Morgan fingerprint density at radius 1 is 1.33 bits per heavy atom. The Morgan fingerprint density at radius 3 is 2.42 bits per heavy atom. The molecule has 3 N–H and O–H groups in total. The number of ketones is 1. The number of nitrogens with two attached hydrogens (primary N) is 1. The summed E-state index contributed by atoms with van der Waals surface area (Å²) < 4.78 is 0. The van der Waals surface area contributed by atoms with Gasteiger partial charge in [0.15, 0.2) is 5.78 Å². The molecule has 0 unspecified atom stereocenters. The summed E-state index contributed by atoms with van der Waals surface area (Å²) in [5.41, 5.74) is 4.90. The normalized spacial score (nSPS) is 9.33. The first kappa shape index (κ1) is 10.8. The van der Waals surface area contributed by atoms with E-state index in [1.807, 2.05) is 0 Å². The highest BCUT2D eigenvalue weighted by Crippen LogP contribution is 1.81. The molecule has 0 aromatic rings. The van der Waals surface area contributed by atoms with Crippen molar-refractivity contribution in [1.29, 1.82) is 0 Å². The minimum atomic E-state index is -0.336. The number of hydrogen-bond donors (Lipinski definition) is 2. The van der Waals surface area contributed by atoms with Crippen LogP contribution in [-0.4, -0.2) is 24.8 Å². The van der Waals surface area contributed by atoms with Gasteiger partial charge in [-0.1, -0.05) is 6.58 Å². The smallest absolute Gasteiger partial charge is 0.218 e. The molecule has 0 radical (unpaired) electrons. The van der Waals surface area contributed by atoms with Gasteiger partial charge in [-0.2, -0.15) is 0 Å². The molecule has 0 saturated carbocycles. The average molecular weight is 170 g/mol. The van der Waals surface area contributed by atoms with Crippen molar-refractivity contribution in [2.75, 3.05) is 13.1 Å². The number of amides is 1. The Morgan fingerprint density at radius 2 is 1.92 bits per heavy atom. The lowest BCUT2D eigenvalue weighted by molar-refractivity contribution is -0.117. The molecule has 0 saturated heterocycles. The second kappa shape index (κ2) is 6.54. The number of rotatable bonds is 7. The van der Waals surface area contributed by atoms with E-state index in [9.17, 15) is 9.59 Å². The van der Waals surface area contributed by atoms with E-state index in [0.29, 0.717) is 25.9 Å². The number of hydrogen-bond acceptors (Lipinski definition) is 3. The second-order valence-electron chi connectivity index (χ2n) is 2.39. The highest BCUT2D eigenvalue weighted by Gasteiger charge is 1.95. The largest absolute Gasteiger partial charge is 0.370 e. The Bertz CT molecular complexity index is 178. The van der Waals surface area contributed by atoms with Crippen molar-refractivity contribution in [2.45, 2.75) is 12.8 Å². The monoisotopic (exact) mass is 170 g/mol. The molecule has 0 aromatic carbocycles. The summed E-state index contributed by atoms with van der Waals surface area (Å²) in [6.45, 7) is 4.43. The fraction of sp³-hybridized carbons (Fsp3) is 0.500. The summed E-state index contributed by atoms with van der Waals surface area (Å²) in [5, 5.41) is 2.91.